The predicted molar refractivity (Wildman–Crippen MR) is 90.5 cm³/mol. The van der Waals surface area contributed by atoms with E-state index in [1.807, 2.05) is 29.2 Å². The number of benzene rings is 1. The van der Waals surface area contributed by atoms with Crippen LogP contribution in [0, 0.1) is 11.8 Å². The van der Waals surface area contributed by atoms with Crippen LogP contribution in [0.15, 0.2) is 28.7 Å². The minimum atomic E-state index is 0.0585. The van der Waals surface area contributed by atoms with Gasteiger partial charge >= 0.3 is 0 Å². The maximum atomic E-state index is 12.4. The SMILES string of the molecule is C[C@@H]1C[C@H](C)CN(C(=O)Cn2nnc(-c3ccc(Br)cc3)n2)C1. The molecule has 6 nitrogen and oxygen atoms in total. The normalized spacial score (nSPS) is 21.4. The smallest absolute Gasteiger partial charge is 0.246 e. The molecule has 0 spiro atoms. The van der Waals surface area contributed by atoms with Gasteiger partial charge in [0.15, 0.2) is 0 Å². The third-order valence-corrected chi connectivity index (χ3v) is 4.58. The van der Waals surface area contributed by atoms with Crippen molar-refractivity contribution in [1.82, 2.24) is 25.1 Å². The van der Waals surface area contributed by atoms with Crippen molar-refractivity contribution < 1.29 is 4.79 Å². The molecule has 122 valence electrons. The number of tetrazole rings is 1. The van der Waals surface area contributed by atoms with Gasteiger partial charge in [0.2, 0.25) is 11.7 Å². The number of halogens is 1. The van der Waals surface area contributed by atoms with Gasteiger partial charge in [-0.15, -0.1) is 10.2 Å². The Bertz CT molecular complexity index is 674. The van der Waals surface area contributed by atoms with Crippen LogP contribution in [0.2, 0.25) is 0 Å². The number of nitrogens with zero attached hydrogens (tertiary/aromatic N) is 5. The van der Waals surface area contributed by atoms with Crippen molar-refractivity contribution in [2.75, 3.05) is 13.1 Å². The molecule has 0 bridgehead atoms. The van der Waals surface area contributed by atoms with Crippen LogP contribution in [0.3, 0.4) is 0 Å². The fraction of sp³-hybridized carbons (Fsp3) is 0.500. The average molecular weight is 378 g/mol. The molecule has 1 saturated heterocycles. The zero-order valence-corrected chi connectivity index (χ0v) is 14.9. The minimum Gasteiger partial charge on any atom is -0.340 e. The highest BCUT2D eigenvalue weighted by atomic mass is 79.9. The third-order valence-electron chi connectivity index (χ3n) is 4.05. The Labute approximate surface area is 144 Å². The van der Waals surface area contributed by atoms with Gasteiger partial charge in [-0.1, -0.05) is 29.8 Å². The van der Waals surface area contributed by atoms with Gasteiger partial charge in [-0.3, -0.25) is 4.79 Å². The highest BCUT2D eigenvalue weighted by molar-refractivity contribution is 9.10. The molecule has 1 aromatic heterocycles. The number of rotatable bonds is 3. The summed E-state index contributed by atoms with van der Waals surface area (Å²) in [6.07, 6.45) is 1.18. The lowest BCUT2D eigenvalue weighted by atomic mass is 9.92. The van der Waals surface area contributed by atoms with E-state index in [4.69, 9.17) is 0 Å². The van der Waals surface area contributed by atoms with E-state index in [1.165, 1.54) is 11.2 Å². The summed E-state index contributed by atoms with van der Waals surface area (Å²) in [5.41, 5.74) is 0.882. The van der Waals surface area contributed by atoms with Crippen molar-refractivity contribution in [1.29, 1.82) is 0 Å². The molecular weight excluding hydrogens is 358 g/mol. The summed E-state index contributed by atoms with van der Waals surface area (Å²) in [6, 6.07) is 7.69. The van der Waals surface area contributed by atoms with E-state index in [1.54, 1.807) is 0 Å². The third kappa shape index (κ3) is 3.96. The molecule has 1 aromatic carbocycles. The summed E-state index contributed by atoms with van der Waals surface area (Å²) in [5.74, 6) is 1.68. The minimum absolute atomic E-state index is 0.0585. The van der Waals surface area contributed by atoms with Crippen LogP contribution in [0.25, 0.3) is 11.4 Å². The zero-order chi connectivity index (χ0) is 16.4. The van der Waals surface area contributed by atoms with Crippen molar-refractivity contribution >= 4 is 21.8 Å². The summed E-state index contributed by atoms with van der Waals surface area (Å²) in [6.45, 7) is 6.16. The fourth-order valence-corrected chi connectivity index (χ4v) is 3.38. The number of carbonyl (C=O) groups excluding carboxylic acids is 1. The molecule has 0 aliphatic carbocycles. The Morgan fingerprint density at radius 2 is 1.87 bits per heavy atom. The molecule has 2 aromatic rings. The molecule has 0 unspecified atom stereocenters. The Morgan fingerprint density at radius 1 is 1.22 bits per heavy atom. The largest absolute Gasteiger partial charge is 0.340 e. The van der Waals surface area contributed by atoms with Crippen LogP contribution < -0.4 is 0 Å². The van der Waals surface area contributed by atoms with Gasteiger partial charge in [0.25, 0.3) is 0 Å². The summed E-state index contributed by atoms with van der Waals surface area (Å²) < 4.78 is 0.997. The molecule has 1 amide bonds. The highest BCUT2D eigenvalue weighted by Gasteiger charge is 2.25. The second-order valence-corrected chi connectivity index (χ2v) is 7.31. The zero-order valence-electron chi connectivity index (χ0n) is 13.3. The second-order valence-electron chi connectivity index (χ2n) is 6.40. The molecule has 0 radical (unpaired) electrons. The highest BCUT2D eigenvalue weighted by Crippen LogP contribution is 2.21. The number of hydrogen-bond donors (Lipinski definition) is 0. The summed E-state index contributed by atoms with van der Waals surface area (Å²) >= 11 is 3.40. The first-order valence-corrected chi connectivity index (χ1v) is 8.62. The lowest BCUT2D eigenvalue weighted by Crippen LogP contribution is -2.44. The predicted octanol–water partition coefficient (Wildman–Crippen LogP) is 2.61. The number of hydrogen-bond acceptors (Lipinski definition) is 4. The van der Waals surface area contributed by atoms with Crippen LogP contribution in [0.4, 0.5) is 0 Å². The maximum absolute atomic E-state index is 12.4. The number of piperidine rings is 1. The standard InChI is InChI=1S/C16H20BrN5O/c1-11-7-12(2)9-21(8-11)15(23)10-22-19-16(18-20-22)13-3-5-14(17)6-4-13/h3-6,11-12H,7-10H2,1-2H3/t11-,12+. The van der Waals surface area contributed by atoms with Gasteiger partial charge in [0.05, 0.1) is 0 Å². The van der Waals surface area contributed by atoms with E-state index in [0.717, 1.165) is 23.1 Å². The van der Waals surface area contributed by atoms with Gasteiger partial charge in [-0.2, -0.15) is 4.80 Å². The summed E-state index contributed by atoms with van der Waals surface area (Å²) in [4.78, 5) is 15.7. The average Bonchev–Trinajstić information content (AvgIpc) is 2.95. The van der Waals surface area contributed by atoms with Gasteiger partial charge in [-0.05, 0) is 47.7 Å². The first kappa shape index (κ1) is 16.1. The molecule has 2 heterocycles. The monoisotopic (exact) mass is 377 g/mol. The first-order valence-electron chi connectivity index (χ1n) is 7.83. The quantitative estimate of drug-likeness (QED) is 0.824. The van der Waals surface area contributed by atoms with Crippen LogP contribution in [-0.4, -0.2) is 44.1 Å². The first-order chi connectivity index (χ1) is 11.0. The Morgan fingerprint density at radius 3 is 2.52 bits per heavy atom. The van der Waals surface area contributed by atoms with Crippen LogP contribution >= 0.6 is 15.9 Å². The van der Waals surface area contributed by atoms with Gasteiger partial charge in [0, 0.05) is 23.1 Å². The number of likely N-dealkylation sites (tertiary alicyclic amines) is 1. The maximum Gasteiger partial charge on any atom is 0.246 e. The van der Waals surface area contributed by atoms with Crippen molar-refractivity contribution in [2.24, 2.45) is 11.8 Å². The van der Waals surface area contributed by atoms with E-state index in [2.05, 4.69) is 45.2 Å². The van der Waals surface area contributed by atoms with Gasteiger partial charge < -0.3 is 4.90 Å². The van der Waals surface area contributed by atoms with E-state index in [9.17, 15) is 4.79 Å². The lowest BCUT2D eigenvalue weighted by molar-refractivity contribution is -0.135. The second kappa shape index (κ2) is 6.78. The Hall–Kier alpha value is -1.76. The molecule has 1 aliphatic heterocycles. The molecule has 1 aliphatic rings. The lowest BCUT2D eigenvalue weighted by Gasteiger charge is -2.34. The molecule has 7 heteroatoms. The van der Waals surface area contributed by atoms with E-state index >= 15 is 0 Å². The van der Waals surface area contributed by atoms with Crippen LogP contribution in [0.1, 0.15) is 20.3 Å². The van der Waals surface area contributed by atoms with Gasteiger partial charge in [-0.25, -0.2) is 0 Å². The van der Waals surface area contributed by atoms with Crippen molar-refractivity contribution in [3.8, 4) is 11.4 Å². The Kier molecular flexibility index (Phi) is 4.75. The number of carbonyl (C=O) groups is 1. The Balaban J connectivity index is 1.66. The van der Waals surface area contributed by atoms with Crippen molar-refractivity contribution in [3.05, 3.63) is 28.7 Å². The molecule has 0 saturated carbocycles. The summed E-state index contributed by atoms with van der Waals surface area (Å²) in [5, 5.41) is 12.4. The van der Waals surface area contributed by atoms with Crippen LogP contribution in [0.5, 0.6) is 0 Å². The molecule has 0 N–H and O–H groups in total. The van der Waals surface area contributed by atoms with E-state index < -0.39 is 0 Å². The molecule has 23 heavy (non-hydrogen) atoms. The fourth-order valence-electron chi connectivity index (χ4n) is 3.11. The number of aromatic nitrogens is 4. The van der Waals surface area contributed by atoms with Gasteiger partial charge in [0.1, 0.15) is 6.54 Å². The van der Waals surface area contributed by atoms with Crippen molar-refractivity contribution in [2.45, 2.75) is 26.8 Å². The number of amides is 1. The molecule has 3 rings (SSSR count). The van der Waals surface area contributed by atoms with Crippen LogP contribution in [-0.2, 0) is 11.3 Å². The molecule has 1 fully saturated rings. The van der Waals surface area contributed by atoms with E-state index in [0.29, 0.717) is 17.7 Å². The molecular formula is C16H20BrN5O. The summed E-state index contributed by atoms with van der Waals surface area (Å²) in [7, 11) is 0. The van der Waals surface area contributed by atoms with Crippen molar-refractivity contribution in [3.63, 3.8) is 0 Å². The van der Waals surface area contributed by atoms with E-state index in [-0.39, 0.29) is 12.5 Å². The topological polar surface area (TPSA) is 63.9 Å². The molecule has 2 atom stereocenters.